The van der Waals surface area contributed by atoms with Crippen molar-refractivity contribution in [1.29, 1.82) is 0 Å². The number of rotatable bonds is 2. The molecule has 0 unspecified atom stereocenters. The number of para-hydroxylation sites is 1. The number of hydrogen-bond acceptors (Lipinski definition) is 0. The minimum atomic E-state index is 0.102. The van der Waals surface area contributed by atoms with E-state index in [0.717, 1.165) is 6.54 Å². The second-order valence-corrected chi connectivity index (χ2v) is 12.3. The van der Waals surface area contributed by atoms with Gasteiger partial charge in [-0.15, -0.1) is 0 Å². The lowest BCUT2D eigenvalue weighted by atomic mass is 9.85. The molecule has 0 aliphatic heterocycles. The molecule has 4 aromatic carbocycles. The van der Waals surface area contributed by atoms with Crippen molar-refractivity contribution >= 4 is 43.6 Å². The van der Waals surface area contributed by atoms with E-state index in [0.29, 0.717) is 0 Å². The van der Waals surface area contributed by atoms with Crippen molar-refractivity contribution in [3.05, 3.63) is 90.0 Å². The molecule has 0 saturated heterocycles. The number of fused-ring (bicyclic) bond motifs is 6. The highest BCUT2D eigenvalue weighted by atomic mass is 15.0. The van der Waals surface area contributed by atoms with Crippen LogP contribution in [-0.4, -0.2) is 9.13 Å². The summed E-state index contributed by atoms with van der Waals surface area (Å²) in [6.45, 7) is 17.0. The number of aromatic nitrogens is 2. The van der Waals surface area contributed by atoms with Crippen LogP contribution in [0, 0.1) is 0 Å². The fourth-order valence-electron chi connectivity index (χ4n) is 5.76. The van der Waals surface area contributed by atoms with E-state index in [9.17, 15) is 0 Å². The molecule has 0 saturated carbocycles. The predicted octanol–water partition coefficient (Wildman–Crippen LogP) is 9.51. The summed E-state index contributed by atoms with van der Waals surface area (Å²) in [5.74, 6) is 0. The Morgan fingerprint density at radius 3 is 1.58 bits per heavy atom. The summed E-state index contributed by atoms with van der Waals surface area (Å²) in [6, 6.07) is 29.9. The number of aryl methyl sites for hydroxylation is 1. The zero-order valence-corrected chi connectivity index (χ0v) is 22.6. The number of hydrogen-bond donors (Lipinski definition) is 0. The van der Waals surface area contributed by atoms with Crippen molar-refractivity contribution in [3.63, 3.8) is 0 Å². The molecule has 6 aromatic rings. The summed E-state index contributed by atoms with van der Waals surface area (Å²) in [4.78, 5) is 0. The summed E-state index contributed by atoms with van der Waals surface area (Å²) in [5.41, 5.74) is 9.30. The first kappa shape index (κ1) is 22.9. The first-order valence-corrected chi connectivity index (χ1v) is 13.2. The van der Waals surface area contributed by atoms with Gasteiger partial charge in [0.2, 0.25) is 0 Å². The molecular formula is C34H36N2. The second-order valence-electron chi connectivity index (χ2n) is 12.3. The molecule has 0 aliphatic carbocycles. The van der Waals surface area contributed by atoms with Crippen LogP contribution in [0.1, 0.15) is 59.6 Å². The lowest BCUT2D eigenvalue weighted by molar-refractivity contribution is 0.590. The zero-order chi connectivity index (χ0) is 25.4. The second kappa shape index (κ2) is 7.74. The third-order valence-corrected chi connectivity index (χ3v) is 7.83. The van der Waals surface area contributed by atoms with Gasteiger partial charge in [-0.2, -0.15) is 0 Å². The van der Waals surface area contributed by atoms with E-state index < -0.39 is 0 Å². The van der Waals surface area contributed by atoms with Crippen molar-refractivity contribution in [2.75, 3.05) is 0 Å². The van der Waals surface area contributed by atoms with Gasteiger partial charge < -0.3 is 9.13 Å². The molecule has 36 heavy (non-hydrogen) atoms. The maximum absolute atomic E-state index is 2.46. The Hall–Kier alpha value is -3.52. The van der Waals surface area contributed by atoms with Crippen LogP contribution in [0.4, 0.5) is 0 Å². The van der Waals surface area contributed by atoms with Gasteiger partial charge in [0.25, 0.3) is 0 Å². The van der Waals surface area contributed by atoms with E-state index in [1.165, 1.54) is 60.4 Å². The fourth-order valence-corrected chi connectivity index (χ4v) is 5.76. The monoisotopic (exact) mass is 472 g/mol. The third-order valence-electron chi connectivity index (χ3n) is 7.83. The summed E-state index contributed by atoms with van der Waals surface area (Å²) >= 11 is 0. The van der Waals surface area contributed by atoms with Gasteiger partial charge in [-0.3, -0.25) is 0 Å². The van der Waals surface area contributed by atoms with Crippen molar-refractivity contribution in [2.45, 2.75) is 65.8 Å². The van der Waals surface area contributed by atoms with Crippen molar-refractivity contribution in [3.8, 4) is 5.69 Å². The lowest BCUT2D eigenvalue weighted by Gasteiger charge is -2.19. The molecule has 0 bridgehead atoms. The van der Waals surface area contributed by atoms with Gasteiger partial charge in [0.05, 0.1) is 11.0 Å². The van der Waals surface area contributed by atoms with Crippen LogP contribution in [0.15, 0.2) is 78.9 Å². The zero-order valence-electron chi connectivity index (χ0n) is 22.6. The van der Waals surface area contributed by atoms with E-state index in [2.05, 4.69) is 136 Å². The Labute approximate surface area is 214 Å². The highest BCUT2D eigenvalue weighted by Crippen LogP contribution is 2.39. The molecule has 6 rings (SSSR count). The standard InChI is InChI=1S/C34H36N2/c1-8-35-29-12-10-9-11-25(29)28-21-24(15-18-30(28)35)36-31-16-13-22(33(2,3)4)19-26(31)27-20-23(34(5,6)7)14-17-32(27)36/h9-21H,8H2,1-7H3. The van der Waals surface area contributed by atoms with Gasteiger partial charge in [0.1, 0.15) is 0 Å². The molecule has 182 valence electrons. The SMILES string of the molecule is CCn1c2ccccc2c2cc(-n3c4ccc(C(C)(C)C)cc4c4cc(C(C)(C)C)ccc43)ccc21. The number of benzene rings is 4. The van der Waals surface area contributed by atoms with Gasteiger partial charge in [-0.1, -0.05) is 71.9 Å². The molecule has 0 atom stereocenters. The maximum Gasteiger partial charge on any atom is 0.0541 e. The summed E-state index contributed by atoms with van der Waals surface area (Å²) < 4.78 is 4.88. The van der Waals surface area contributed by atoms with Crippen LogP contribution in [0.25, 0.3) is 49.3 Å². The number of nitrogens with zero attached hydrogens (tertiary/aromatic N) is 2. The predicted molar refractivity (Wildman–Crippen MR) is 157 cm³/mol. The first-order chi connectivity index (χ1) is 17.1. The molecule has 0 N–H and O–H groups in total. The Balaban J connectivity index is 1.70. The normalized spacial score (nSPS) is 13.0. The molecule has 0 spiro atoms. The fraction of sp³-hybridized carbons (Fsp3) is 0.294. The Morgan fingerprint density at radius 2 is 1.03 bits per heavy atom. The van der Waals surface area contributed by atoms with Crippen molar-refractivity contribution < 1.29 is 0 Å². The van der Waals surface area contributed by atoms with Crippen LogP contribution < -0.4 is 0 Å². The largest absolute Gasteiger partial charge is 0.341 e. The first-order valence-electron chi connectivity index (χ1n) is 13.2. The van der Waals surface area contributed by atoms with Crippen molar-refractivity contribution in [2.24, 2.45) is 0 Å². The molecule has 2 nitrogen and oxygen atoms in total. The van der Waals surface area contributed by atoms with Crippen molar-refractivity contribution in [1.82, 2.24) is 9.13 Å². The molecular weight excluding hydrogens is 436 g/mol. The molecule has 2 aromatic heterocycles. The third kappa shape index (κ3) is 3.38. The average Bonchev–Trinajstić information content (AvgIpc) is 3.34. The highest BCUT2D eigenvalue weighted by Gasteiger charge is 2.21. The Kier molecular flexibility index (Phi) is 4.92. The van der Waals surface area contributed by atoms with Crippen LogP contribution in [0.5, 0.6) is 0 Å². The van der Waals surface area contributed by atoms with E-state index in [1.807, 2.05) is 0 Å². The molecule has 2 heterocycles. The van der Waals surface area contributed by atoms with Gasteiger partial charge in [-0.05, 0) is 77.4 Å². The van der Waals surface area contributed by atoms with Gasteiger partial charge in [-0.25, -0.2) is 0 Å². The molecule has 0 aliphatic rings. The van der Waals surface area contributed by atoms with Crippen LogP contribution in [0.2, 0.25) is 0 Å². The maximum atomic E-state index is 2.46. The van der Waals surface area contributed by atoms with Crippen LogP contribution >= 0.6 is 0 Å². The summed E-state index contributed by atoms with van der Waals surface area (Å²) in [7, 11) is 0. The van der Waals surface area contributed by atoms with E-state index in [-0.39, 0.29) is 10.8 Å². The minimum Gasteiger partial charge on any atom is -0.341 e. The summed E-state index contributed by atoms with van der Waals surface area (Å²) in [5, 5.41) is 5.30. The quantitative estimate of drug-likeness (QED) is 0.237. The van der Waals surface area contributed by atoms with Gasteiger partial charge in [0, 0.05) is 44.8 Å². The van der Waals surface area contributed by atoms with E-state index >= 15 is 0 Å². The average molecular weight is 473 g/mol. The minimum absolute atomic E-state index is 0.102. The van der Waals surface area contributed by atoms with Gasteiger partial charge in [0.15, 0.2) is 0 Å². The highest BCUT2D eigenvalue weighted by molar-refractivity contribution is 6.12. The Morgan fingerprint density at radius 1 is 0.528 bits per heavy atom. The van der Waals surface area contributed by atoms with E-state index in [4.69, 9.17) is 0 Å². The van der Waals surface area contributed by atoms with Crippen LogP contribution in [-0.2, 0) is 17.4 Å². The molecule has 0 fully saturated rings. The molecule has 0 amide bonds. The van der Waals surface area contributed by atoms with Gasteiger partial charge >= 0.3 is 0 Å². The smallest absolute Gasteiger partial charge is 0.0541 e. The topological polar surface area (TPSA) is 9.86 Å². The Bertz CT molecular complexity index is 1710. The summed E-state index contributed by atoms with van der Waals surface area (Å²) in [6.07, 6.45) is 0. The molecule has 2 heteroatoms. The van der Waals surface area contributed by atoms with E-state index in [1.54, 1.807) is 0 Å². The lowest BCUT2D eigenvalue weighted by Crippen LogP contribution is -2.10. The van der Waals surface area contributed by atoms with Crippen LogP contribution in [0.3, 0.4) is 0 Å². The molecule has 0 radical (unpaired) electrons.